The van der Waals surface area contributed by atoms with E-state index >= 15 is 0 Å². The number of rotatable bonds is 4. The first-order chi connectivity index (χ1) is 13.1. The van der Waals surface area contributed by atoms with Crippen LogP contribution in [-0.4, -0.2) is 45.1 Å². The van der Waals surface area contributed by atoms with E-state index in [4.69, 9.17) is 9.26 Å². The van der Waals surface area contributed by atoms with E-state index in [0.717, 1.165) is 23.4 Å². The van der Waals surface area contributed by atoms with Crippen molar-refractivity contribution >= 4 is 17.2 Å². The number of aromatic nitrogens is 3. The van der Waals surface area contributed by atoms with Gasteiger partial charge < -0.3 is 14.2 Å². The molecule has 1 fully saturated rings. The van der Waals surface area contributed by atoms with Crippen LogP contribution in [0.25, 0.3) is 10.6 Å². The lowest BCUT2D eigenvalue weighted by molar-refractivity contribution is 0.0578. The number of nitrogens with zero attached hydrogens (tertiary/aromatic N) is 4. The van der Waals surface area contributed by atoms with E-state index in [0.29, 0.717) is 36.2 Å². The summed E-state index contributed by atoms with van der Waals surface area (Å²) in [7, 11) is 0. The Morgan fingerprint density at radius 3 is 2.78 bits per heavy atom. The van der Waals surface area contributed by atoms with Crippen LogP contribution in [0.3, 0.4) is 0 Å². The molecule has 0 bridgehead atoms. The number of carbonyl (C=O) groups is 1. The van der Waals surface area contributed by atoms with Crippen molar-refractivity contribution in [2.75, 3.05) is 13.1 Å². The van der Waals surface area contributed by atoms with Gasteiger partial charge >= 0.3 is 0 Å². The van der Waals surface area contributed by atoms with Crippen molar-refractivity contribution in [3.63, 3.8) is 0 Å². The summed E-state index contributed by atoms with van der Waals surface area (Å²) in [5.74, 6) is 1.82. The van der Waals surface area contributed by atoms with E-state index in [1.165, 1.54) is 0 Å². The molecule has 7 nitrogen and oxygen atoms in total. The highest BCUT2D eigenvalue weighted by molar-refractivity contribution is 7.13. The van der Waals surface area contributed by atoms with Crippen molar-refractivity contribution in [3.05, 3.63) is 46.9 Å². The topological polar surface area (TPSA) is 81.4 Å². The fourth-order valence-corrected chi connectivity index (χ4v) is 3.84. The highest BCUT2D eigenvalue weighted by Gasteiger charge is 2.27. The standard InChI is InChI=1S/C19H20N4O3S/c1-12-10-18(21-13(2)20-12)25-14-5-7-23(8-6-14)19(24)15-11-16(26-22-15)17-4-3-9-27-17/h3-4,9-11,14H,5-8H2,1-2H3. The molecule has 0 radical (unpaired) electrons. The first-order valence-electron chi connectivity index (χ1n) is 8.87. The minimum Gasteiger partial charge on any atom is -0.474 e. The molecule has 27 heavy (non-hydrogen) atoms. The van der Waals surface area contributed by atoms with Crippen LogP contribution in [-0.2, 0) is 0 Å². The van der Waals surface area contributed by atoms with Gasteiger partial charge in [0.1, 0.15) is 11.9 Å². The maximum Gasteiger partial charge on any atom is 0.276 e. The predicted octanol–water partition coefficient (Wildman–Crippen LogP) is 3.49. The van der Waals surface area contributed by atoms with Crippen LogP contribution in [0, 0.1) is 13.8 Å². The van der Waals surface area contributed by atoms with E-state index in [9.17, 15) is 4.79 Å². The normalized spacial score (nSPS) is 15.1. The summed E-state index contributed by atoms with van der Waals surface area (Å²) < 4.78 is 11.3. The number of thiophene rings is 1. The van der Waals surface area contributed by atoms with Gasteiger partial charge in [0.2, 0.25) is 5.88 Å². The lowest BCUT2D eigenvalue weighted by atomic mass is 10.1. The predicted molar refractivity (Wildman–Crippen MR) is 101 cm³/mol. The molecule has 0 aliphatic carbocycles. The third-order valence-electron chi connectivity index (χ3n) is 4.45. The van der Waals surface area contributed by atoms with Crippen molar-refractivity contribution in [1.29, 1.82) is 0 Å². The third kappa shape index (κ3) is 4.00. The second kappa shape index (κ2) is 7.48. The van der Waals surface area contributed by atoms with Crippen LogP contribution in [0.1, 0.15) is 34.8 Å². The Morgan fingerprint density at radius 2 is 2.07 bits per heavy atom. The van der Waals surface area contributed by atoms with Gasteiger partial charge in [0.15, 0.2) is 11.5 Å². The Labute approximate surface area is 161 Å². The first-order valence-corrected chi connectivity index (χ1v) is 9.75. The van der Waals surface area contributed by atoms with Crippen LogP contribution in [0.2, 0.25) is 0 Å². The fourth-order valence-electron chi connectivity index (χ4n) is 3.16. The maximum absolute atomic E-state index is 12.7. The second-order valence-electron chi connectivity index (χ2n) is 6.56. The molecule has 8 heteroatoms. The number of aryl methyl sites for hydroxylation is 2. The number of carbonyl (C=O) groups excluding carboxylic acids is 1. The smallest absolute Gasteiger partial charge is 0.276 e. The molecule has 3 aromatic heterocycles. The van der Waals surface area contributed by atoms with E-state index in [1.807, 2.05) is 37.4 Å². The second-order valence-corrected chi connectivity index (χ2v) is 7.51. The van der Waals surface area contributed by atoms with Crippen molar-refractivity contribution in [2.45, 2.75) is 32.8 Å². The largest absolute Gasteiger partial charge is 0.474 e. The summed E-state index contributed by atoms with van der Waals surface area (Å²) in [6.07, 6.45) is 1.55. The fraction of sp³-hybridized carbons (Fsp3) is 0.368. The van der Waals surface area contributed by atoms with E-state index in [2.05, 4.69) is 15.1 Å². The van der Waals surface area contributed by atoms with Crippen LogP contribution in [0.4, 0.5) is 0 Å². The number of amides is 1. The summed E-state index contributed by atoms with van der Waals surface area (Å²) in [5, 5.41) is 5.91. The SMILES string of the molecule is Cc1cc(OC2CCN(C(=O)c3cc(-c4cccs4)on3)CC2)nc(C)n1. The molecule has 1 saturated heterocycles. The Hall–Kier alpha value is -2.74. The lowest BCUT2D eigenvalue weighted by Crippen LogP contribution is -2.42. The molecule has 3 aromatic rings. The molecule has 140 valence electrons. The van der Waals surface area contributed by atoms with E-state index in [1.54, 1.807) is 22.3 Å². The molecule has 0 unspecified atom stereocenters. The zero-order valence-electron chi connectivity index (χ0n) is 15.2. The minimum absolute atomic E-state index is 0.0433. The molecule has 0 aromatic carbocycles. The van der Waals surface area contributed by atoms with Gasteiger partial charge in [-0.25, -0.2) is 4.98 Å². The summed E-state index contributed by atoms with van der Waals surface area (Å²) >= 11 is 1.55. The van der Waals surface area contributed by atoms with Crippen molar-refractivity contribution in [1.82, 2.24) is 20.0 Å². The minimum atomic E-state index is -0.103. The zero-order chi connectivity index (χ0) is 18.8. The van der Waals surface area contributed by atoms with Crippen molar-refractivity contribution < 1.29 is 14.1 Å². The van der Waals surface area contributed by atoms with Crippen LogP contribution in [0.5, 0.6) is 5.88 Å². The van der Waals surface area contributed by atoms with Crippen LogP contribution in [0.15, 0.2) is 34.2 Å². The summed E-state index contributed by atoms with van der Waals surface area (Å²) in [6.45, 7) is 5.01. The Morgan fingerprint density at radius 1 is 1.26 bits per heavy atom. The van der Waals surface area contributed by atoms with Gasteiger partial charge in [-0.2, -0.15) is 4.98 Å². The zero-order valence-corrected chi connectivity index (χ0v) is 16.0. The van der Waals surface area contributed by atoms with Gasteiger partial charge in [-0.1, -0.05) is 11.2 Å². The Kier molecular flexibility index (Phi) is 4.89. The summed E-state index contributed by atoms with van der Waals surface area (Å²) in [4.78, 5) is 24.0. The summed E-state index contributed by atoms with van der Waals surface area (Å²) in [5.41, 5.74) is 1.23. The number of hydrogen-bond acceptors (Lipinski definition) is 7. The van der Waals surface area contributed by atoms with E-state index < -0.39 is 0 Å². The van der Waals surface area contributed by atoms with Gasteiger partial charge in [-0.05, 0) is 25.3 Å². The maximum atomic E-state index is 12.7. The average Bonchev–Trinajstić information content (AvgIpc) is 3.32. The van der Waals surface area contributed by atoms with E-state index in [-0.39, 0.29) is 12.0 Å². The molecule has 1 amide bonds. The molecule has 0 N–H and O–H groups in total. The summed E-state index contributed by atoms with van der Waals surface area (Å²) in [6, 6.07) is 7.43. The highest BCUT2D eigenvalue weighted by atomic mass is 32.1. The number of ether oxygens (including phenoxy) is 1. The van der Waals surface area contributed by atoms with Crippen LogP contribution < -0.4 is 4.74 Å². The van der Waals surface area contributed by atoms with Crippen molar-refractivity contribution in [2.24, 2.45) is 0 Å². The molecular formula is C19H20N4O3S. The number of hydrogen-bond donors (Lipinski definition) is 0. The molecule has 4 heterocycles. The molecule has 4 rings (SSSR count). The molecule has 0 spiro atoms. The van der Waals surface area contributed by atoms with Gasteiger partial charge in [-0.3, -0.25) is 4.79 Å². The number of piperidine rings is 1. The molecule has 1 aliphatic heterocycles. The van der Waals surface area contributed by atoms with Gasteiger partial charge in [-0.15, -0.1) is 11.3 Å². The van der Waals surface area contributed by atoms with Gasteiger partial charge in [0.25, 0.3) is 5.91 Å². The van der Waals surface area contributed by atoms with Gasteiger partial charge in [0, 0.05) is 43.8 Å². The molecular weight excluding hydrogens is 364 g/mol. The lowest BCUT2D eigenvalue weighted by Gasteiger charge is -2.31. The number of likely N-dealkylation sites (tertiary alicyclic amines) is 1. The average molecular weight is 384 g/mol. The molecule has 0 saturated carbocycles. The molecule has 1 aliphatic rings. The Bertz CT molecular complexity index is 910. The van der Waals surface area contributed by atoms with Gasteiger partial charge in [0.05, 0.1) is 4.88 Å². The highest BCUT2D eigenvalue weighted by Crippen LogP contribution is 2.26. The van der Waals surface area contributed by atoms with Crippen molar-refractivity contribution in [3.8, 4) is 16.5 Å². The quantitative estimate of drug-likeness (QED) is 0.685. The molecule has 0 atom stereocenters. The Balaban J connectivity index is 1.35. The van der Waals surface area contributed by atoms with Crippen LogP contribution >= 0.6 is 11.3 Å². The third-order valence-corrected chi connectivity index (χ3v) is 5.34. The monoisotopic (exact) mass is 384 g/mol. The first kappa shape index (κ1) is 17.7.